The van der Waals surface area contributed by atoms with E-state index in [0.29, 0.717) is 0 Å². The first-order valence-electron chi connectivity index (χ1n) is 6.83. The largest absolute Gasteiger partial charge is 0.331 e. The van der Waals surface area contributed by atoms with Crippen LogP contribution < -0.4 is 0 Å². The van der Waals surface area contributed by atoms with Crippen LogP contribution in [-0.2, 0) is 4.18 Å². The molecule has 2 heteroatoms. The van der Waals surface area contributed by atoms with Crippen molar-refractivity contribution in [3.8, 4) is 0 Å². The van der Waals surface area contributed by atoms with Crippen LogP contribution in [0.25, 0.3) is 0 Å². The van der Waals surface area contributed by atoms with Gasteiger partial charge in [-0.15, -0.1) is 0 Å². The molecule has 1 aromatic carbocycles. The molecule has 0 spiro atoms. The lowest BCUT2D eigenvalue weighted by Gasteiger charge is -2.50. The van der Waals surface area contributed by atoms with E-state index in [9.17, 15) is 0 Å². The molecule has 2 rings (SSSR count). The van der Waals surface area contributed by atoms with Gasteiger partial charge in [0.25, 0.3) is 0 Å². The minimum atomic E-state index is -1.46. The summed E-state index contributed by atoms with van der Waals surface area (Å²) >= 11 is 0. The van der Waals surface area contributed by atoms with Gasteiger partial charge in [-0.1, -0.05) is 46.7 Å². The minimum absolute atomic E-state index is 0.0661. The fraction of sp³-hybridized carbons (Fsp3) is 0.412. The Hall–Kier alpha value is -0.990. The molecule has 1 aromatic rings. The molecule has 1 aliphatic carbocycles. The molecule has 0 bridgehead atoms. The maximum Gasteiger partial charge on any atom is 0.0490 e. The molecule has 0 fully saturated rings. The zero-order valence-corrected chi connectivity index (χ0v) is 13.2. The zero-order chi connectivity index (χ0) is 13.9. The molecular formula is C17H24OS. The van der Waals surface area contributed by atoms with Crippen molar-refractivity contribution in [1.29, 1.82) is 0 Å². The van der Waals surface area contributed by atoms with E-state index in [2.05, 4.69) is 69.3 Å². The smallest absolute Gasteiger partial charge is 0.0490 e. The molecule has 104 valence electrons. The summed E-state index contributed by atoms with van der Waals surface area (Å²) in [4.78, 5) is 2.67. The highest BCUT2D eigenvalue weighted by molar-refractivity contribution is 8.34. The molecule has 0 heterocycles. The molecule has 1 unspecified atom stereocenters. The van der Waals surface area contributed by atoms with Crippen LogP contribution in [0.3, 0.4) is 0 Å². The topological polar surface area (TPSA) is 9.23 Å². The Morgan fingerprint density at radius 3 is 2.21 bits per heavy atom. The Morgan fingerprint density at radius 1 is 1.05 bits per heavy atom. The van der Waals surface area contributed by atoms with Gasteiger partial charge < -0.3 is 4.18 Å². The van der Waals surface area contributed by atoms with Crippen molar-refractivity contribution in [2.45, 2.75) is 43.3 Å². The van der Waals surface area contributed by atoms with Gasteiger partial charge in [-0.25, -0.2) is 0 Å². The first-order valence-corrected chi connectivity index (χ1v) is 8.38. The Kier molecular flexibility index (Phi) is 4.22. The number of hydrogen-bond donors (Lipinski definition) is 0. The molecule has 0 N–H and O–H groups in total. The molecule has 0 radical (unpaired) electrons. The highest BCUT2D eigenvalue weighted by Gasteiger charge is 2.41. The molecule has 0 amide bonds. The lowest BCUT2D eigenvalue weighted by molar-refractivity contribution is 0.449. The van der Waals surface area contributed by atoms with E-state index in [-0.39, 0.29) is 4.75 Å². The van der Waals surface area contributed by atoms with Crippen LogP contribution in [-0.4, -0.2) is 11.9 Å². The predicted octanol–water partition coefficient (Wildman–Crippen LogP) is 5.44. The maximum absolute atomic E-state index is 6.19. The summed E-state index contributed by atoms with van der Waals surface area (Å²) < 4.78 is 6.26. The molecule has 1 atom stereocenters. The van der Waals surface area contributed by atoms with E-state index in [1.54, 1.807) is 0 Å². The van der Waals surface area contributed by atoms with Crippen LogP contribution in [0.4, 0.5) is 0 Å². The predicted molar refractivity (Wildman–Crippen MR) is 85.5 cm³/mol. The van der Waals surface area contributed by atoms with E-state index in [4.69, 9.17) is 4.18 Å². The van der Waals surface area contributed by atoms with Crippen LogP contribution >= 0.6 is 10.3 Å². The van der Waals surface area contributed by atoms with Gasteiger partial charge in [0.05, 0.1) is 0 Å². The average molecular weight is 276 g/mol. The second-order valence-electron chi connectivity index (χ2n) is 5.73. The lowest BCUT2D eigenvalue weighted by atomic mass is 10.2. The Balaban J connectivity index is 2.62. The summed E-state index contributed by atoms with van der Waals surface area (Å²) in [5, 5.41) is 0. The quantitative estimate of drug-likeness (QED) is 0.714. The normalized spacial score (nSPS) is 20.5. The van der Waals surface area contributed by atoms with Crippen LogP contribution in [0, 0.1) is 0 Å². The van der Waals surface area contributed by atoms with Crippen molar-refractivity contribution in [2.24, 2.45) is 0 Å². The highest BCUT2D eigenvalue weighted by Crippen LogP contribution is 2.71. The summed E-state index contributed by atoms with van der Waals surface area (Å²) in [6.07, 6.45) is 9.15. The van der Waals surface area contributed by atoms with Crippen LogP contribution in [0.2, 0.25) is 0 Å². The third-order valence-electron chi connectivity index (χ3n) is 3.48. The van der Waals surface area contributed by atoms with E-state index >= 15 is 0 Å². The van der Waals surface area contributed by atoms with Gasteiger partial charge in [-0.2, -0.15) is 0 Å². The van der Waals surface area contributed by atoms with Crippen molar-refractivity contribution < 1.29 is 4.18 Å². The van der Waals surface area contributed by atoms with Crippen LogP contribution in [0.1, 0.15) is 33.6 Å². The highest BCUT2D eigenvalue weighted by atomic mass is 32.3. The number of allylic oxidation sites excluding steroid dienone is 3. The monoisotopic (exact) mass is 276 g/mol. The zero-order valence-electron chi connectivity index (χ0n) is 12.3. The first-order chi connectivity index (χ1) is 9.02. The number of rotatable bonds is 3. The van der Waals surface area contributed by atoms with Gasteiger partial charge in [0, 0.05) is 21.7 Å². The molecule has 0 saturated carbocycles. The van der Waals surface area contributed by atoms with Gasteiger partial charge in [0.1, 0.15) is 0 Å². The average Bonchev–Trinajstić information content (AvgIpc) is 2.41. The van der Waals surface area contributed by atoms with Crippen LogP contribution in [0.5, 0.6) is 0 Å². The fourth-order valence-corrected chi connectivity index (χ4v) is 6.45. The van der Waals surface area contributed by atoms with Crippen molar-refractivity contribution in [1.82, 2.24) is 0 Å². The number of hydrogen-bond acceptors (Lipinski definition) is 1. The van der Waals surface area contributed by atoms with Crippen molar-refractivity contribution >= 4 is 10.3 Å². The SMILES string of the molecule is COS(C1=CCCC=C1)(c1ccccc1)C(C)(C)C. The third kappa shape index (κ3) is 2.52. The van der Waals surface area contributed by atoms with Gasteiger partial charge >= 0.3 is 0 Å². The van der Waals surface area contributed by atoms with Gasteiger partial charge in [-0.3, -0.25) is 0 Å². The first kappa shape index (κ1) is 14.4. The molecular weight excluding hydrogens is 252 g/mol. The van der Waals surface area contributed by atoms with Crippen molar-refractivity contribution in [2.75, 3.05) is 7.11 Å². The van der Waals surface area contributed by atoms with Crippen molar-refractivity contribution in [3.63, 3.8) is 0 Å². The second-order valence-corrected chi connectivity index (χ2v) is 9.35. The fourth-order valence-electron chi connectivity index (χ4n) is 2.70. The molecule has 0 aliphatic heterocycles. The summed E-state index contributed by atoms with van der Waals surface area (Å²) in [5.41, 5.74) is 0. The summed E-state index contributed by atoms with van der Waals surface area (Å²) in [6.45, 7) is 6.84. The molecule has 0 saturated heterocycles. The Bertz CT molecular complexity index is 482. The summed E-state index contributed by atoms with van der Waals surface area (Å²) in [5.74, 6) is 0. The Labute approximate surface area is 118 Å². The minimum Gasteiger partial charge on any atom is -0.331 e. The van der Waals surface area contributed by atoms with Gasteiger partial charge in [0.2, 0.25) is 0 Å². The van der Waals surface area contributed by atoms with Crippen LogP contribution in [0.15, 0.2) is 58.4 Å². The summed E-state index contributed by atoms with van der Waals surface area (Å²) in [6, 6.07) is 10.7. The summed E-state index contributed by atoms with van der Waals surface area (Å²) in [7, 11) is 0.401. The maximum atomic E-state index is 6.19. The van der Waals surface area contributed by atoms with E-state index in [1.807, 2.05) is 7.11 Å². The van der Waals surface area contributed by atoms with Gasteiger partial charge in [-0.05, 0) is 45.7 Å². The van der Waals surface area contributed by atoms with E-state index in [1.165, 1.54) is 9.80 Å². The van der Waals surface area contributed by atoms with Gasteiger partial charge in [0.15, 0.2) is 0 Å². The molecule has 19 heavy (non-hydrogen) atoms. The standard InChI is InChI=1S/C17H24OS/c1-17(2,3)19(18-4,15-11-7-5-8-12-15)16-13-9-6-10-14-16/h5,7-9,11-14H,6,10H2,1-4H3. The molecule has 1 aliphatic rings. The van der Waals surface area contributed by atoms with E-state index in [0.717, 1.165) is 12.8 Å². The molecule has 1 nitrogen and oxygen atoms in total. The van der Waals surface area contributed by atoms with E-state index < -0.39 is 10.3 Å². The number of benzene rings is 1. The second kappa shape index (κ2) is 5.56. The van der Waals surface area contributed by atoms with Crippen molar-refractivity contribution in [3.05, 3.63) is 53.5 Å². The lowest BCUT2D eigenvalue weighted by Crippen LogP contribution is -2.27. The molecule has 0 aromatic heterocycles. The third-order valence-corrected chi connectivity index (χ3v) is 7.61. The Morgan fingerprint density at radius 2 is 1.74 bits per heavy atom.